The normalized spacial score (nSPS) is 20.4. The van der Waals surface area contributed by atoms with Gasteiger partial charge in [0.15, 0.2) is 5.96 Å². The number of aliphatic imine (C=N–C) groups is 1. The summed E-state index contributed by atoms with van der Waals surface area (Å²) in [6, 6.07) is 0.623. The van der Waals surface area contributed by atoms with E-state index >= 15 is 0 Å². The monoisotopic (exact) mass is 295 g/mol. The molecule has 0 aromatic carbocycles. The van der Waals surface area contributed by atoms with Crippen LogP contribution in [0.5, 0.6) is 0 Å². The van der Waals surface area contributed by atoms with Crippen LogP contribution in [-0.2, 0) is 6.54 Å². The Morgan fingerprint density at radius 3 is 2.80 bits per heavy atom. The van der Waals surface area contributed by atoms with Gasteiger partial charge in [-0.15, -0.1) is 11.3 Å². The summed E-state index contributed by atoms with van der Waals surface area (Å²) in [4.78, 5) is 12.5. The average molecular weight is 295 g/mol. The zero-order chi connectivity index (χ0) is 14.5. The van der Waals surface area contributed by atoms with Gasteiger partial charge in [0, 0.05) is 24.5 Å². The number of likely N-dealkylation sites (N-methyl/N-ethyl adjacent to an activating group) is 1. The maximum atomic E-state index is 4.53. The Morgan fingerprint density at radius 1 is 1.45 bits per heavy atom. The van der Waals surface area contributed by atoms with Gasteiger partial charge in [0.1, 0.15) is 5.01 Å². The molecule has 20 heavy (non-hydrogen) atoms. The van der Waals surface area contributed by atoms with E-state index in [1.54, 1.807) is 11.3 Å². The Kier molecular flexibility index (Phi) is 5.37. The molecule has 112 valence electrons. The van der Waals surface area contributed by atoms with E-state index in [1.165, 1.54) is 24.3 Å². The number of hydrogen-bond donors (Lipinski definition) is 2. The third-order valence-corrected chi connectivity index (χ3v) is 4.95. The Morgan fingerprint density at radius 2 is 2.25 bits per heavy atom. The second-order valence-electron chi connectivity index (χ2n) is 5.33. The molecule has 1 aromatic rings. The van der Waals surface area contributed by atoms with Crippen molar-refractivity contribution in [2.75, 3.05) is 27.2 Å². The van der Waals surface area contributed by atoms with Gasteiger partial charge in [0.05, 0.1) is 12.2 Å². The molecule has 1 aliphatic rings. The Hall–Kier alpha value is -1.14. The van der Waals surface area contributed by atoms with Gasteiger partial charge in [-0.2, -0.15) is 0 Å². The molecule has 0 bridgehead atoms. The second kappa shape index (κ2) is 7.04. The third-order valence-electron chi connectivity index (χ3n) is 3.88. The summed E-state index contributed by atoms with van der Waals surface area (Å²) in [6.07, 6.45) is 2.57. The molecule has 0 amide bonds. The Bertz CT molecular complexity index is 449. The molecule has 0 radical (unpaired) electrons. The molecular weight excluding hydrogens is 270 g/mol. The average Bonchev–Trinajstić information content (AvgIpc) is 2.97. The second-order valence-corrected chi connectivity index (χ2v) is 6.62. The summed E-state index contributed by atoms with van der Waals surface area (Å²) in [5.41, 5.74) is 1.13. The number of aromatic nitrogens is 1. The molecule has 1 unspecified atom stereocenters. The van der Waals surface area contributed by atoms with E-state index in [4.69, 9.17) is 0 Å². The maximum absolute atomic E-state index is 4.53. The van der Waals surface area contributed by atoms with Crippen LogP contribution in [-0.4, -0.2) is 49.1 Å². The molecule has 1 atom stereocenters. The molecule has 1 aromatic heterocycles. The number of rotatable bonds is 4. The highest BCUT2D eigenvalue weighted by atomic mass is 32.1. The molecule has 1 aliphatic heterocycles. The summed E-state index contributed by atoms with van der Waals surface area (Å²) in [5.74, 6) is 0.857. The van der Waals surface area contributed by atoms with E-state index in [0.717, 1.165) is 29.8 Å². The number of hydrogen-bond acceptors (Lipinski definition) is 4. The molecule has 1 saturated heterocycles. The van der Waals surface area contributed by atoms with Crippen molar-refractivity contribution >= 4 is 17.3 Å². The number of nitrogens with zero attached hydrogens (tertiary/aromatic N) is 3. The van der Waals surface area contributed by atoms with Crippen molar-refractivity contribution in [1.29, 1.82) is 0 Å². The van der Waals surface area contributed by atoms with Gasteiger partial charge in [0.2, 0.25) is 0 Å². The SMILES string of the molecule is CN=C(NCc1nc(C)c(C)s1)NCC1CCCN1C. The van der Waals surface area contributed by atoms with E-state index in [-0.39, 0.29) is 0 Å². The molecule has 2 heterocycles. The zero-order valence-corrected chi connectivity index (χ0v) is 13.7. The van der Waals surface area contributed by atoms with E-state index in [9.17, 15) is 0 Å². The van der Waals surface area contributed by atoms with Gasteiger partial charge in [-0.05, 0) is 40.3 Å². The van der Waals surface area contributed by atoms with Crippen molar-refractivity contribution in [1.82, 2.24) is 20.5 Å². The van der Waals surface area contributed by atoms with Crippen molar-refractivity contribution in [3.8, 4) is 0 Å². The largest absolute Gasteiger partial charge is 0.355 e. The molecule has 1 fully saturated rings. The Labute approximate surface area is 125 Å². The van der Waals surface area contributed by atoms with E-state index in [0.29, 0.717) is 6.04 Å². The molecule has 5 nitrogen and oxygen atoms in total. The quantitative estimate of drug-likeness (QED) is 0.653. The summed E-state index contributed by atoms with van der Waals surface area (Å²) < 4.78 is 0. The molecule has 2 rings (SSSR count). The van der Waals surface area contributed by atoms with Crippen LogP contribution in [0.1, 0.15) is 28.4 Å². The lowest BCUT2D eigenvalue weighted by Crippen LogP contribution is -2.43. The minimum atomic E-state index is 0.623. The first-order valence-corrected chi connectivity index (χ1v) is 7.99. The predicted molar refractivity (Wildman–Crippen MR) is 85.4 cm³/mol. The molecule has 6 heteroatoms. The molecule has 0 aliphatic carbocycles. The van der Waals surface area contributed by atoms with Crippen LogP contribution in [0.15, 0.2) is 4.99 Å². The van der Waals surface area contributed by atoms with Crippen molar-refractivity contribution in [2.45, 2.75) is 39.3 Å². The lowest BCUT2D eigenvalue weighted by atomic mass is 10.2. The number of aryl methyl sites for hydroxylation is 2. The zero-order valence-electron chi connectivity index (χ0n) is 12.9. The predicted octanol–water partition coefficient (Wildman–Crippen LogP) is 1.52. The van der Waals surface area contributed by atoms with Gasteiger partial charge < -0.3 is 15.5 Å². The van der Waals surface area contributed by atoms with Crippen LogP contribution < -0.4 is 10.6 Å². The summed E-state index contributed by atoms with van der Waals surface area (Å²) >= 11 is 1.75. The minimum absolute atomic E-state index is 0.623. The van der Waals surface area contributed by atoms with Crippen LogP contribution in [0.25, 0.3) is 0 Å². The lowest BCUT2D eigenvalue weighted by Gasteiger charge is -2.21. The van der Waals surface area contributed by atoms with Crippen molar-refractivity contribution < 1.29 is 0 Å². The van der Waals surface area contributed by atoms with Crippen LogP contribution in [0, 0.1) is 13.8 Å². The smallest absolute Gasteiger partial charge is 0.191 e. The van der Waals surface area contributed by atoms with E-state index in [2.05, 4.69) is 46.4 Å². The van der Waals surface area contributed by atoms with Crippen LogP contribution >= 0.6 is 11.3 Å². The summed E-state index contributed by atoms with van der Waals surface area (Å²) in [6.45, 7) is 7.06. The fourth-order valence-corrected chi connectivity index (χ4v) is 3.32. The fourth-order valence-electron chi connectivity index (χ4n) is 2.45. The highest BCUT2D eigenvalue weighted by Crippen LogP contribution is 2.16. The number of guanidine groups is 1. The molecule has 0 spiro atoms. The maximum Gasteiger partial charge on any atom is 0.191 e. The van der Waals surface area contributed by atoms with Crippen molar-refractivity contribution in [3.05, 3.63) is 15.6 Å². The number of likely N-dealkylation sites (tertiary alicyclic amines) is 1. The highest BCUT2D eigenvalue weighted by Gasteiger charge is 2.20. The van der Waals surface area contributed by atoms with Crippen LogP contribution in [0.2, 0.25) is 0 Å². The van der Waals surface area contributed by atoms with Crippen LogP contribution in [0.4, 0.5) is 0 Å². The summed E-state index contributed by atoms with van der Waals surface area (Å²) in [7, 11) is 4.00. The summed E-state index contributed by atoms with van der Waals surface area (Å²) in [5, 5.41) is 7.85. The van der Waals surface area contributed by atoms with Gasteiger partial charge in [-0.3, -0.25) is 4.99 Å². The van der Waals surface area contributed by atoms with Gasteiger partial charge in [-0.25, -0.2) is 4.98 Å². The number of nitrogens with one attached hydrogen (secondary N) is 2. The Balaban J connectivity index is 1.78. The first-order valence-electron chi connectivity index (χ1n) is 7.18. The van der Waals surface area contributed by atoms with Crippen molar-refractivity contribution in [3.63, 3.8) is 0 Å². The first-order chi connectivity index (χ1) is 9.60. The number of thiazole rings is 1. The van der Waals surface area contributed by atoms with Crippen LogP contribution in [0.3, 0.4) is 0 Å². The molecule has 2 N–H and O–H groups in total. The fraction of sp³-hybridized carbons (Fsp3) is 0.714. The molecular formula is C14H25N5S. The van der Waals surface area contributed by atoms with Gasteiger partial charge in [0.25, 0.3) is 0 Å². The topological polar surface area (TPSA) is 52.6 Å². The minimum Gasteiger partial charge on any atom is -0.355 e. The molecule has 0 saturated carbocycles. The van der Waals surface area contributed by atoms with E-state index < -0.39 is 0 Å². The van der Waals surface area contributed by atoms with E-state index in [1.807, 2.05) is 7.05 Å². The third kappa shape index (κ3) is 3.93. The lowest BCUT2D eigenvalue weighted by molar-refractivity contribution is 0.309. The highest BCUT2D eigenvalue weighted by molar-refractivity contribution is 7.11. The van der Waals surface area contributed by atoms with Gasteiger partial charge >= 0.3 is 0 Å². The standard InChI is InChI=1S/C14H25N5S/c1-10-11(2)20-13(18-10)9-17-14(15-3)16-8-12-6-5-7-19(12)4/h12H,5-9H2,1-4H3,(H2,15,16,17). The van der Waals surface area contributed by atoms with Gasteiger partial charge in [-0.1, -0.05) is 0 Å². The van der Waals surface area contributed by atoms with Crippen molar-refractivity contribution in [2.24, 2.45) is 4.99 Å². The first kappa shape index (κ1) is 15.3.